The van der Waals surface area contributed by atoms with Crippen molar-refractivity contribution >= 4 is 16.8 Å². The summed E-state index contributed by atoms with van der Waals surface area (Å²) in [5.74, 6) is -0.477. The Morgan fingerprint density at radius 1 is 1.38 bits per heavy atom. The molecule has 2 N–H and O–H groups in total. The topological polar surface area (TPSA) is 75.2 Å². The van der Waals surface area contributed by atoms with E-state index < -0.39 is 0 Å². The van der Waals surface area contributed by atoms with Crippen molar-refractivity contribution in [2.75, 3.05) is 33.4 Å². The van der Waals surface area contributed by atoms with Crippen molar-refractivity contribution in [3.8, 4) is 11.4 Å². The molecule has 1 saturated heterocycles. The second-order valence-corrected chi connectivity index (χ2v) is 7.50. The lowest BCUT2D eigenvalue weighted by Gasteiger charge is -2.23. The second-order valence-electron chi connectivity index (χ2n) is 7.50. The second kappa shape index (κ2) is 8.34. The van der Waals surface area contributed by atoms with Crippen LogP contribution in [0.2, 0.25) is 0 Å². The number of halogens is 1. The third-order valence-corrected chi connectivity index (χ3v) is 5.51. The Morgan fingerprint density at radius 2 is 2.24 bits per heavy atom. The van der Waals surface area contributed by atoms with E-state index in [0.29, 0.717) is 18.3 Å². The normalized spacial score (nSPS) is 17.3. The number of aryl methyl sites for hydroxylation is 1. The summed E-state index contributed by atoms with van der Waals surface area (Å²) in [6.07, 6.45) is 2.31. The van der Waals surface area contributed by atoms with Crippen molar-refractivity contribution in [3.05, 3.63) is 41.8 Å². The molecule has 7 nitrogen and oxygen atoms in total. The Hall–Kier alpha value is -2.71. The van der Waals surface area contributed by atoms with Crippen LogP contribution < -0.4 is 5.32 Å². The van der Waals surface area contributed by atoms with Gasteiger partial charge < -0.3 is 15.0 Å². The summed E-state index contributed by atoms with van der Waals surface area (Å²) < 4.78 is 20.4. The fourth-order valence-electron chi connectivity index (χ4n) is 4.05. The summed E-state index contributed by atoms with van der Waals surface area (Å²) in [7, 11) is 3.51. The van der Waals surface area contributed by atoms with Gasteiger partial charge in [-0.1, -0.05) is 0 Å². The van der Waals surface area contributed by atoms with Gasteiger partial charge in [0.1, 0.15) is 5.82 Å². The Morgan fingerprint density at radius 3 is 3.07 bits per heavy atom. The van der Waals surface area contributed by atoms with Gasteiger partial charge in [0, 0.05) is 44.2 Å². The largest absolute Gasteiger partial charge is 0.383 e. The molecule has 1 amide bonds. The molecule has 29 heavy (non-hydrogen) atoms. The number of carbonyl (C=O) groups excluding carboxylic acids is 1. The highest BCUT2D eigenvalue weighted by Gasteiger charge is 2.24. The van der Waals surface area contributed by atoms with Crippen molar-refractivity contribution in [1.82, 2.24) is 25.0 Å². The summed E-state index contributed by atoms with van der Waals surface area (Å²) in [5.41, 5.74) is 2.76. The smallest absolute Gasteiger partial charge is 0.271 e. The Labute approximate surface area is 168 Å². The molecule has 154 valence electrons. The van der Waals surface area contributed by atoms with Crippen molar-refractivity contribution in [2.45, 2.75) is 18.9 Å². The number of aromatic amines is 1. The first-order chi connectivity index (χ1) is 14.0. The van der Waals surface area contributed by atoms with E-state index in [9.17, 15) is 9.18 Å². The number of methoxy groups -OCH3 is 1. The number of nitrogens with one attached hydrogen (secondary N) is 2. The van der Waals surface area contributed by atoms with Gasteiger partial charge in [0.05, 0.1) is 18.0 Å². The van der Waals surface area contributed by atoms with Crippen molar-refractivity contribution < 1.29 is 13.9 Å². The number of H-pyrrole nitrogens is 1. The van der Waals surface area contributed by atoms with E-state index in [2.05, 4.69) is 20.3 Å². The first-order valence-electron chi connectivity index (χ1n) is 9.89. The molecule has 0 radical (unpaired) electrons. The maximum atomic E-state index is 13.4. The van der Waals surface area contributed by atoms with Gasteiger partial charge in [-0.2, -0.15) is 5.10 Å². The Kier molecular flexibility index (Phi) is 5.64. The van der Waals surface area contributed by atoms with E-state index in [0.717, 1.165) is 48.4 Å². The fourth-order valence-corrected chi connectivity index (χ4v) is 4.05. The van der Waals surface area contributed by atoms with Crippen LogP contribution >= 0.6 is 0 Å². The highest BCUT2D eigenvalue weighted by Crippen LogP contribution is 2.25. The van der Waals surface area contributed by atoms with Gasteiger partial charge in [0.2, 0.25) is 0 Å². The molecule has 8 heteroatoms. The van der Waals surface area contributed by atoms with Gasteiger partial charge >= 0.3 is 0 Å². The van der Waals surface area contributed by atoms with Crippen molar-refractivity contribution in [3.63, 3.8) is 0 Å². The number of aromatic nitrogens is 3. The lowest BCUT2D eigenvalue weighted by molar-refractivity contribution is 0.0926. The fraction of sp³-hybridized carbons (Fsp3) is 0.429. The Balaban J connectivity index is 1.41. The van der Waals surface area contributed by atoms with E-state index >= 15 is 0 Å². The van der Waals surface area contributed by atoms with Crippen LogP contribution in [0.25, 0.3) is 22.3 Å². The van der Waals surface area contributed by atoms with Crippen LogP contribution in [-0.2, 0) is 11.8 Å². The van der Waals surface area contributed by atoms with Crippen LogP contribution in [0.4, 0.5) is 4.39 Å². The summed E-state index contributed by atoms with van der Waals surface area (Å²) in [6.45, 7) is 3.13. The van der Waals surface area contributed by atoms with E-state index in [1.807, 2.05) is 6.07 Å². The zero-order chi connectivity index (χ0) is 20.4. The maximum absolute atomic E-state index is 13.4. The molecule has 1 atom stereocenters. The number of likely N-dealkylation sites (tertiary alicyclic amines) is 1. The summed E-state index contributed by atoms with van der Waals surface area (Å²) in [6, 6.07) is 8.65. The van der Waals surface area contributed by atoms with Gasteiger partial charge in [-0.05, 0) is 49.7 Å². The predicted molar refractivity (Wildman–Crippen MR) is 109 cm³/mol. The SMILES string of the molecule is COC[C@H]1CCCN1CCNC(=O)c1cc(-c2cc3cc(F)ccc3[nH]2)n(C)n1. The van der Waals surface area contributed by atoms with Crippen molar-refractivity contribution in [2.24, 2.45) is 7.05 Å². The molecule has 1 aliphatic rings. The molecular weight excluding hydrogens is 373 g/mol. The zero-order valence-electron chi connectivity index (χ0n) is 16.7. The first-order valence-corrected chi connectivity index (χ1v) is 9.89. The number of rotatable bonds is 7. The molecule has 0 unspecified atom stereocenters. The summed E-state index contributed by atoms with van der Waals surface area (Å²) in [4.78, 5) is 18.2. The molecule has 2 aromatic heterocycles. The lowest BCUT2D eigenvalue weighted by atomic mass is 10.2. The number of nitrogens with zero attached hydrogens (tertiary/aromatic N) is 3. The molecular formula is C21H26FN5O2. The molecule has 3 heterocycles. The third-order valence-electron chi connectivity index (χ3n) is 5.51. The van der Waals surface area contributed by atoms with Gasteiger partial charge in [0.15, 0.2) is 5.69 Å². The molecule has 3 aromatic rings. The van der Waals surface area contributed by atoms with Crippen LogP contribution in [0.15, 0.2) is 30.3 Å². The van der Waals surface area contributed by atoms with Crippen LogP contribution in [0.1, 0.15) is 23.3 Å². The zero-order valence-corrected chi connectivity index (χ0v) is 16.7. The molecule has 0 aliphatic carbocycles. The quantitative estimate of drug-likeness (QED) is 0.640. The number of hydrogen-bond acceptors (Lipinski definition) is 4. The highest BCUT2D eigenvalue weighted by atomic mass is 19.1. The molecule has 1 aromatic carbocycles. The maximum Gasteiger partial charge on any atom is 0.271 e. The number of benzene rings is 1. The molecule has 0 bridgehead atoms. The highest BCUT2D eigenvalue weighted by molar-refractivity contribution is 5.94. The average molecular weight is 399 g/mol. The molecule has 0 saturated carbocycles. The summed E-state index contributed by atoms with van der Waals surface area (Å²) >= 11 is 0. The standard InChI is InChI=1S/C21H26FN5O2/c1-26-20(18-11-14-10-15(22)5-6-17(14)24-18)12-19(25-26)21(28)23-7-9-27-8-3-4-16(27)13-29-2/h5-6,10-12,16,24H,3-4,7-9,13H2,1-2H3,(H,23,28)/t16-/m1/s1. The van der Waals surface area contributed by atoms with Gasteiger partial charge in [0.25, 0.3) is 5.91 Å². The van der Waals surface area contributed by atoms with Crippen molar-refractivity contribution in [1.29, 1.82) is 0 Å². The van der Waals surface area contributed by atoms with Gasteiger partial charge in [-0.25, -0.2) is 4.39 Å². The number of amides is 1. The Bertz CT molecular complexity index is 1010. The molecule has 1 aliphatic heterocycles. The van der Waals surface area contributed by atoms with Crippen LogP contribution in [-0.4, -0.2) is 65.0 Å². The monoisotopic (exact) mass is 399 g/mol. The molecule has 1 fully saturated rings. The minimum absolute atomic E-state index is 0.198. The number of hydrogen-bond donors (Lipinski definition) is 2. The van der Waals surface area contributed by atoms with Gasteiger partial charge in [-0.3, -0.25) is 14.4 Å². The van der Waals surface area contributed by atoms with Crippen LogP contribution in [0, 0.1) is 5.82 Å². The number of carbonyl (C=O) groups is 1. The minimum Gasteiger partial charge on any atom is -0.383 e. The minimum atomic E-state index is -0.279. The number of ether oxygens (including phenoxy) is 1. The van der Waals surface area contributed by atoms with Gasteiger partial charge in [-0.15, -0.1) is 0 Å². The van der Waals surface area contributed by atoms with E-state index in [-0.39, 0.29) is 11.7 Å². The van der Waals surface area contributed by atoms with Crippen LogP contribution in [0.3, 0.4) is 0 Å². The predicted octanol–water partition coefficient (Wildman–Crippen LogP) is 2.55. The van der Waals surface area contributed by atoms with E-state index in [1.165, 1.54) is 18.6 Å². The molecule has 4 rings (SSSR count). The third kappa shape index (κ3) is 4.18. The van der Waals surface area contributed by atoms with Crippen LogP contribution in [0.5, 0.6) is 0 Å². The average Bonchev–Trinajstić information content (AvgIpc) is 3.40. The number of fused-ring (bicyclic) bond motifs is 1. The summed E-state index contributed by atoms with van der Waals surface area (Å²) in [5, 5.41) is 8.08. The first kappa shape index (κ1) is 19.6. The van der Waals surface area contributed by atoms with E-state index in [4.69, 9.17) is 4.74 Å². The molecule has 0 spiro atoms. The lowest BCUT2D eigenvalue weighted by Crippen LogP contribution is -2.39. The van der Waals surface area contributed by atoms with E-state index in [1.54, 1.807) is 31.0 Å².